The fraction of sp³-hybridized carbons (Fsp3) is 0.353. The highest BCUT2D eigenvalue weighted by Gasteiger charge is 2.10. The lowest BCUT2D eigenvalue weighted by atomic mass is 10.2. The van der Waals surface area contributed by atoms with Crippen LogP contribution in [0.25, 0.3) is 11.7 Å². The van der Waals surface area contributed by atoms with Gasteiger partial charge in [-0.25, -0.2) is 9.78 Å². The van der Waals surface area contributed by atoms with E-state index in [-0.39, 0.29) is 23.7 Å². The Kier molecular flexibility index (Phi) is 6.37. The van der Waals surface area contributed by atoms with Gasteiger partial charge in [0.1, 0.15) is 5.65 Å². The molecule has 0 bridgehead atoms. The predicted molar refractivity (Wildman–Crippen MR) is 92.7 cm³/mol. The molecule has 128 valence electrons. The maximum absolute atomic E-state index is 11.7. The van der Waals surface area contributed by atoms with Crippen LogP contribution in [0, 0.1) is 0 Å². The van der Waals surface area contributed by atoms with Crippen molar-refractivity contribution in [1.82, 2.24) is 14.7 Å². The summed E-state index contributed by atoms with van der Waals surface area (Å²) in [4.78, 5) is 27.6. The molecule has 0 spiro atoms. The van der Waals surface area contributed by atoms with Crippen LogP contribution in [0.15, 0.2) is 30.5 Å². The average Bonchev–Trinajstić information content (AvgIpc) is 2.86. The molecule has 0 aliphatic carbocycles. The lowest BCUT2D eigenvalue weighted by Gasteiger charge is -2.12. The van der Waals surface area contributed by atoms with Crippen molar-refractivity contribution in [3.05, 3.63) is 41.3 Å². The van der Waals surface area contributed by atoms with Gasteiger partial charge in [0.25, 0.3) is 5.91 Å². The van der Waals surface area contributed by atoms with Crippen LogP contribution in [0.3, 0.4) is 0 Å². The third kappa shape index (κ3) is 4.83. The number of imidazole rings is 1. The normalized spacial score (nSPS) is 12.5. The van der Waals surface area contributed by atoms with Crippen LogP contribution in [0.2, 0.25) is 5.15 Å². The Hall–Kier alpha value is -2.34. The first kappa shape index (κ1) is 18.0. The standard InChI is InChI=1S/C17H20ClN3O3/c1-3-6-12(2)19-15(22)11-24-16(23)9-8-13-17(18)20-14-7-4-5-10-21(13)14/h4-5,7-10,12H,3,6,11H2,1-2H3,(H,19,22)/b9-8+/t12-/m0/s1. The zero-order chi connectivity index (χ0) is 17.5. The lowest BCUT2D eigenvalue weighted by Crippen LogP contribution is -2.35. The highest BCUT2D eigenvalue weighted by Crippen LogP contribution is 2.18. The molecule has 0 aliphatic heterocycles. The third-order valence-electron chi connectivity index (χ3n) is 3.37. The minimum absolute atomic E-state index is 0.0636. The quantitative estimate of drug-likeness (QED) is 0.616. The molecular weight excluding hydrogens is 330 g/mol. The molecule has 24 heavy (non-hydrogen) atoms. The Bertz CT molecular complexity index is 755. The van der Waals surface area contributed by atoms with Crippen molar-refractivity contribution in [3.8, 4) is 0 Å². The topological polar surface area (TPSA) is 72.7 Å². The Morgan fingerprint density at radius 3 is 3.00 bits per heavy atom. The molecule has 6 nitrogen and oxygen atoms in total. The largest absolute Gasteiger partial charge is 0.452 e. The number of fused-ring (bicyclic) bond motifs is 1. The number of carbonyl (C=O) groups is 2. The molecule has 1 atom stereocenters. The van der Waals surface area contributed by atoms with E-state index < -0.39 is 5.97 Å². The molecule has 7 heteroatoms. The van der Waals surface area contributed by atoms with Gasteiger partial charge in [0.2, 0.25) is 0 Å². The number of nitrogens with one attached hydrogen (secondary N) is 1. The molecule has 0 radical (unpaired) electrons. The summed E-state index contributed by atoms with van der Waals surface area (Å²) in [5.74, 6) is -0.930. The number of halogens is 1. The first-order valence-electron chi connectivity index (χ1n) is 7.78. The number of rotatable bonds is 7. The van der Waals surface area contributed by atoms with E-state index in [1.807, 2.05) is 32.0 Å². The Morgan fingerprint density at radius 2 is 2.25 bits per heavy atom. The summed E-state index contributed by atoms with van der Waals surface area (Å²) in [5.41, 5.74) is 1.25. The second kappa shape index (κ2) is 8.49. The van der Waals surface area contributed by atoms with E-state index in [2.05, 4.69) is 10.3 Å². The van der Waals surface area contributed by atoms with Crippen molar-refractivity contribution in [3.63, 3.8) is 0 Å². The third-order valence-corrected chi connectivity index (χ3v) is 3.65. The highest BCUT2D eigenvalue weighted by molar-refractivity contribution is 6.31. The molecule has 1 amide bonds. The minimum Gasteiger partial charge on any atom is -0.452 e. The van der Waals surface area contributed by atoms with Crippen LogP contribution in [0.1, 0.15) is 32.4 Å². The number of hydrogen-bond acceptors (Lipinski definition) is 4. The summed E-state index contributed by atoms with van der Waals surface area (Å²) < 4.78 is 6.68. The maximum Gasteiger partial charge on any atom is 0.331 e. The van der Waals surface area contributed by atoms with E-state index in [1.54, 1.807) is 10.6 Å². The van der Waals surface area contributed by atoms with Crippen LogP contribution in [0.4, 0.5) is 0 Å². The second-order valence-corrected chi connectivity index (χ2v) is 5.77. The molecule has 0 unspecified atom stereocenters. The fourth-order valence-corrected chi connectivity index (χ4v) is 2.53. The SMILES string of the molecule is CCC[C@H](C)NC(=O)COC(=O)/C=C/c1c(Cl)nc2ccccn12. The molecule has 0 fully saturated rings. The van der Waals surface area contributed by atoms with Gasteiger partial charge in [0.15, 0.2) is 11.8 Å². The molecule has 2 heterocycles. The zero-order valence-electron chi connectivity index (χ0n) is 13.7. The molecule has 1 N–H and O–H groups in total. The van der Waals surface area contributed by atoms with Gasteiger partial charge in [-0.3, -0.25) is 9.20 Å². The van der Waals surface area contributed by atoms with Gasteiger partial charge in [-0.1, -0.05) is 31.0 Å². The molecule has 0 aromatic carbocycles. The number of pyridine rings is 1. The molecule has 2 aromatic rings. The molecule has 2 aromatic heterocycles. The van der Waals surface area contributed by atoms with Gasteiger partial charge < -0.3 is 10.1 Å². The number of amides is 1. The number of carbonyl (C=O) groups excluding carboxylic acids is 2. The van der Waals surface area contributed by atoms with Crippen molar-refractivity contribution in [1.29, 1.82) is 0 Å². The van der Waals surface area contributed by atoms with E-state index in [0.29, 0.717) is 11.3 Å². The monoisotopic (exact) mass is 349 g/mol. The second-order valence-electron chi connectivity index (χ2n) is 5.41. The van der Waals surface area contributed by atoms with E-state index >= 15 is 0 Å². The first-order valence-corrected chi connectivity index (χ1v) is 8.15. The minimum atomic E-state index is -0.616. The van der Waals surface area contributed by atoms with Crippen molar-refractivity contribution in [2.75, 3.05) is 6.61 Å². The fourth-order valence-electron chi connectivity index (χ4n) is 2.29. The summed E-state index contributed by atoms with van der Waals surface area (Å²) >= 11 is 6.07. The van der Waals surface area contributed by atoms with Crippen LogP contribution < -0.4 is 5.32 Å². The van der Waals surface area contributed by atoms with Crippen molar-refractivity contribution >= 4 is 35.2 Å². The highest BCUT2D eigenvalue weighted by atomic mass is 35.5. The van der Waals surface area contributed by atoms with Gasteiger partial charge in [-0.15, -0.1) is 0 Å². The van der Waals surface area contributed by atoms with E-state index in [9.17, 15) is 9.59 Å². The summed E-state index contributed by atoms with van der Waals surface area (Å²) in [6.07, 6.45) is 6.39. The van der Waals surface area contributed by atoms with E-state index in [4.69, 9.17) is 16.3 Å². The van der Waals surface area contributed by atoms with E-state index in [1.165, 1.54) is 12.2 Å². The number of aromatic nitrogens is 2. The molecule has 0 saturated heterocycles. The van der Waals surface area contributed by atoms with Gasteiger partial charge >= 0.3 is 5.97 Å². The van der Waals surface area contributed by atoms with Crippen molar-refractivity contribution in [2.24, 2.45) is 0 Å². The average molecular weight is 350 g/mol. The molecular formula is C17H20ClN3O3. The van der Waals surface area contributed by atoms with Crippen molar-refractivity contribution in [2.45, 2.75) is 32.7 Å². The van der Waals surface area contributed by atoms with Gasteiger partial charge in [-0.2, -0.15) is 0 Å². The first-order chi connectivity index (χ1) is 11.5. The molecule has 0 saturated carbocycles. The smallest absolute Gasteiger partial charge is 0.331 e. The Labute approximate surface area is 145 Å². The van der Waals surface area contributed by atoms with Gasteiger partial charge in [0.05, 0.1) is 5.69 Å². The number of nitrogens with zero attached hydrogens (tertiary/aromatic N) is 2. The Morgan fingerprint density at radius 1 is 1.46 bits per heavy atom. The summed E-state index contributed by atoms with van der Waals surface area (Å²) in [6, 6.07) is 5.55. The van der Waals surface area contributed by atoms with Crippen molar-refractivity contribution < 1.29 is 14.3 Å². The summed E-state index contributed by atoms with van der Waals surface area (Å²) in [6.45, 7) is 3.65. The lowest BCUT2D eigenvalue weighted by molar-refractivity contribution is -0.144. The van der Waals surface area contributed by atoms with E-state index in [0.717, 1.165) is 12.8 Å². The molecule has 0 aliphatic rings. The summed E-state index contributed by atoms with van der Waals surface area (Å²) in [5, 5.41) is 3.05. The number of hydrogen-bond donors (Lipinski definition) is 1. The number of esters is 1. The van der Waals surface area contributed by atoms with Crippen LogP contribution >= 0.6 is 11.6 Å². The Balaban J connectivity index is 1.91. The van der Waals surface area contributed by atoms with Crippen LogP contribution in [-0.4, -0.2) is 33.9 Å². The molecule has 2 rings (SSSR count). The zero-order valence-corrected chi connectivity index (χ0v) is 14.4. The predicted octanol–water partition coefficient (Wildman–Crippen LogP) is 2.85. The van der Waals surface area contributed by atoms with Gasteiger partial charge in [0, 0.05) is 18.3 Å². The maximum atomic E-state index is 11.7. The van der Waals surface area contributed by atoms with Gasteiger partial charge in [-0.05, 0) is 31.6 Å². The van der Waals surface area contributed by atoms with Crippen LogP contribution in [-0.2, 0) is 14.3 Å². The summed E-state index contributed by atoms with van der Waals surface area (Å²) in [7, 11) is 0. The van der Waals surface area contributed by atoms with Crippen LogP contribution in [0.5, 0.6) is 0 Å². The number of ether oxygens (including phenoxy) is 1.